The molecule has 2 aromatic heterocycles. The van der Waals surface area contributed by atoms with Crippen LogP contribution in [0.5, 0.6) is 0 Å². The van der Waals surface area contributed by atoms with Crippen LogP contribution in [0, 0.1) is 5.92 Å². The molecule has 0 aliphatic carbocycles. The van der Waals surface area contributed by atoms with Gasteiger partial charge in [-0.05, 0) is 40.2 Å². The Bertz CT molecular complexity index is 629. The Hall–Kier alpha value is -1.66. The molecule has 21 heavy (non-hydrogen) atoms. The van der Waals surface area contributed by atoms with Gasteiger partial charge in [-0.15, -0.1) is 0 Å². The zero-order valence-corrected chi connectivity index (χ0v) is 12.9. The van der Waals surface area contributed by atoms with E-state index in [9.17, 15) is 9.90 Å². The molecule has 0 aromatic carbocycles. The van der Waals surface area contributed by atoms with E-state index in [1.165, 1.54) is 0 Å². The highest BCUT2D eigenvalue weighted by Crippen LogP contribution is 2.32. The first-order valence-electron chi connectivity index (χ1n) is 6.75. The summed E-state index contributed by atoms with van der Waals surface area (Å²) in [7, 11) is 0. The van der Waals surface area contributed by atoms with E-state index in [0.29, 0.717) is 23.5 Å². The van der Waals surface area contributed by atoms with Crippen LogP contribution in [0.2, 0.25) is 0 Å². The lowest BCUT2D eigenvalue weighted by Crippen LogP contribution is -2.28. The second-order valence-electron chi connectivity index (χ2n) is 5.12. The van der Waals surface area contributed by atoms with Gasteiger partial charge >= 0.3 is 0 Å². The molecule has 1 aliphatic heterocycles. The average Bonchev–Trinajstić information content (AvgIpc) is 3.13. The largest absolute Gasteiger partial charge is 0.444 e. The standard InChI is InChI=1S/C15H15BrN2O3/c16-14-5-4-13(21-14)15(20)18-7-10(9-19)11(8-18)12-3-1-2-6-17-12/h1-6,10-11,19H,7-9H2/t10-,11+/m0/s1. The summed E-state index contributed by atoms with van der Waals surface area (Å²) in [5.74, 6) is 0.207. The summed E-state index contributed by atoms with van der Waals surface area (Å²) in [4.78, 5) is 18.5. The lowest BCUT2D eigenvalue weighted by molar-refractivity contribution is 0.0748. The minimum atomic E-state index is -0.155. The molecule has 1 N–H and O–H groups in total. The first kappa shape index (κ1) is 14.3. The van der Waals surface area contributed by atoms with E-state index in [1.54, 1.807) is 23.2 Å². The summed E-state index contributed by atoms with van der Waals surface area (Å²) < 4.78 is 5.85. The summed E-state index contributed by atoms with van der Waals surface area (Å²) >= 11 is 3.20. The number of amides is 1. The van der Waals surface area contributed by atoms with E-state index in [1.807, 2.05) is 18.2 Å². The number of furan rings is 1. The summed E-state index contributed by atoms with van der Waals surface area (Å²) in [5.41, 5.74) is 0.910. The third-order valence-electron chi connectivity index (χ3n) is 3.81. The molecule has 0 unspecified atom stereocenters. The van der Waals surface area contributed by atoms with E-state index in [4.69, 9.17) is 4.42 Å². The zero-order valence-electron chi connectivity index (χ0n) is 11.3. The second kappa shape index (κ2) is 5.99. The number of halogens is 1. The van der Waals surface area contributed by atoms with Crippen LogP contribution in [0.4, 0.5) is 0 Å². The van der Waals surface area contributed by atoms with Gasteiger partial charge < -0.3 is 14.4 Å². The van der Waals surface area contributed by atoms with Gasteiger partial charge in [-0.1, -0.05) is 6.07 Å². The number of likely N-dealkylation sites (tertiary alicyclic amines) is 1. The molecule has 5 nitrogen and oxygen atoms in total. The van der Waals surface area contributed by atoms with Gasteiger partial charge in [-0.2, -0.15) is 0 Å². The molecular weight excluding hydrogens is 336 g/mol. The number of hydrogen-bond donors (Lipinski definition) is 1. The first-order valence-corrected chi connectivity index (χ1v) is 7.54. The molecule has 3 rings (SSSR count). The fourth-order valence-corrected chi connectivity index (χ4v) is 3.04. The minimum Gasteiger partial charge on any atom is -0.444 e. The third kappa shape index (κ3) is 2.87. The van der Waals surface area contributed by atoms with Crippen LogP contribution >= 0.6 is 15.9 Å². The summed E-state index contributed by atoms with van der Waals surface area (Å²) in [5, 5.41) is 9.58. The van der Waals surface area contributed by atoms with E-state index < -0.39 is 0 Å². The number of aliphatic hydroxyl groups excluding tert-OH is 1. The summed E-state index contributed by atoms with van der Waals surface area (Å²) in [6, 6.07) is 9.06. The normalized spacial score (nSPS) is 21.7. The van der Waals surface area contributed by atoms with E-state index in [-0.39, 0.29) is 24.3 Å². The van der Waals surface area contributed by atoms with Gasteiger partial charge in [0, 0.05) is 43.4 Å². The Kier molecular flexibility index (Phi) is 4.07. The van der Waals surface area contributed by atoms with Crippen molar-refractivity contribution in [1.82, 2.24) is 9.88 Å². The van der Waals surface area contributed by atoms with Crippen LogP contribution in [-0.2, 0) is 0 Å². The van der Waals surface area contributed by atoms with Crippen LogP contribution in [-0.4, -0.2) is 40.6 Å². The molecule has 3 heterocycles. The van der Waals surface area contributed by atoms with Crippen LogP contribution in [0.1, 0.15) is 22.2 Å². The Labute approximate surface area is 130 Å². The molecule has 2 atom stereocenters. The van der Waals surface area contributed by atoms with E-state index in [0.717, 1.165) is 5.69 Å². The number of pyridine rings is 1. The van der Waals surface area contributed by atoms with Gasteiger partial charge in [-0.25, -0.2) is 0 Å². The number of nitrogens with zero attached hydrogens (tertiary/aromatic N) is 2. The molecule has 0 radical (unpaired) electrons. The smallest absolute Gasteiger partial charge is 0.289 e. The van der Waals surface area contributed by atoms with Crippen molar-refractivity contribution in [3.8, 4) is 0 Å². The van der Waals surface area contributed by atoms with Gasteiger partial charge in [0.2, 0.25) is 0 Å². The first-order chi connectivity index (χ1) is 10.2. The van der Waals surface area contributed by atoms with E-state index >= 15 is 0 Å². The maximum absolute atomic E-state index is 12.4. The molecule has 0 saturated carbocycles. The predicted molar refractivity (Wildman–Crippen MR) is 79.9 cm³/mol. The quantitative estimate of drug-likeness (QED) is 0.922. The fourth-order valence-electron chi connectivity index (χ4n) is 2.74. The molecule has 6 heteroatoms. The maximum atomic E-state index is 12.4. The lowest BCUT2D eigenvalue weighted by atomic mass is 9.93. The molecule has 1 aliphatic rings. The van der Waals surface area contributed by atoms with Crippen LogP contribution in [0.3, 0.4) is 0 Å². The van der Waals surface area contributed by atoms with Gasteiger partial charge in [0.1, 0.15) is 0 Å². The van der Waals surface area contributed by atoms with Crippen molar-refractivity contribution in [1.29, 1.82) is 0 Å². The van der Waals surface area contributed by atoms with Crippen molar-refractivity contribution in [2.45, 2.75) is 5.92 Å². The molecule has 1 saturated heterocycles. The molecule has 1 fully saturated rings. The van der Waals surface area contributed by atoms with Crippen molar-refractivity contribution >= 4 is 21.8 Å². The molecule has 1 amide bonds. The molecular formula is C15H15BrN2O3. The predicted octanol–water partition coefficient (Wildman–Crippen LogP) is 2.29. The number of hydrogen-bond acceptors (Lipinski definition) is 4. The van der Waals surface area contributed by atoms with Gasteiger partial charge in [-0.3, -0.25) is 9.78 Å². The van der Waals surface area contributed by atoms with E-state index in [2.05, 4.69) is 20.9 Å². The third-order valence-corrected chi connectivity index (χ3v) is 4.24. The van der Waals surface area contributed by atoms with Crippen molar-refractivity contribution in [2.75, 3.05) is 19.7 Å². The topological polar surface area (TPSA) is 66.6 Å². The Morgan fingerprint density at radius 1 is 1.38 bits per heavy atom. The van der Waals surface area contributed by atoms with Gasteiger partial charge in [0.25, 0.3) is 5.91 Å². The van der Waals surface area contributed by atoms with Crippen molar-refractivity contribution < 1.29 is 14.3 Å². The van der Waals surface area contributed by atoms with Crippen molar-refractivity contribution in [3.05, 3.63) is 52.7 Å². The number of aromatic nitrogens is 1. The highest BCUT2D eigenvalue weighted by molar-refractivity contribution is 9.10. The Morgan fingerprint density at radius 2 is 2.24 bits per heavy atom. The summed E-state index contributed by atoms with van der Waals surface area (Å²) in [6.07, 6.45) is 1.73. The SMILES string of the molecule is O=C(c1ccc(Br)o1)N1C[C@@H](CO)[C@H](c2ccccn2)C1. The maximum Gasteiger partial charge on any atom is 0.289 e. The highest BCUT2D eigenvalue weighted by atomic mass is 79.9. The van der Waals surface area contributed by atoms with Crippen LogP contribution in [0.15, 0.2) is 45.6 Å². The lowest BCUT2D eigenvalue weighted by Gasteiger charge is -2.14. The monoisotopic (exact) mass is 350 g/mol. The molecule has 2 aromatic rings. The molecule has 0 spiro atoms. The Morgan fingerprint density at radius 3 is 2.86 bits per heavy atom. The molecule has 0 bridgehead atoms. The fraction of sp³-hybridized carbons (Fsp3) is 0.333. The number of aliphatic hydroxyl groups is 1. The van der Waals surface area contributed by atoms with Crippen molar-refractivity contribution in [2.24, 2.45) is 5.92 Å². The minimum absolute atomic E-state index is 0.00209. The van der Waals surface area contributed by atoms with Gasteiger partial charge in [0.15, 0.2) is 10.4 Å². The number of rotatable bonds is 3. The second-order valence-corrected chi connectivity index (χ2v) is 5.90. The summed E-state index contributed by atoms with van der Waals surface area (Å²) in [6.45, 7) is 1.08. The van der Waals surface area contributed by atoms with Gasteiger partial charge in [0.05, 0.1) is 0 Å². The number of carbonyl (C=O) groups is 1. The molecule has 110 valence electrons. The average molecular weight is 351 g/mol. The zero-order chi connectivity index (χ0) is 14.8. The highest BCUT2D eigenvalue weighted by Gasteiger charge is 2.37. The van der Waals surface area contributed by atoms with Crippen LogP contribution in [0.25, 0.3) is 0 Å². The van der Waals surface area contributed by atoms with Crippen molar-refractivity contribution in [3.63, 3.8) is 0 Å². The van der Waals surface area contributed by atoms with Crippen LogP contribution < -0.4 is 0 Å². The number of carbonyl (C=O) groups excluding carboxylic acids is 1. The Balaban J connectivity index is 1.79.